The molecule has 0 bridgehead atoms. The summed E-state index contributed by atoms with van der Waals surface area (Å²) in [5.74, 6) is -2.40. The lowest BCUT2D eigenvalue weighted by Crippen LogP contribution is -2.57. The molecule has 0 radical (unpaired) electrons. The quantitative estimate of drug-likeness (QED) is 0.768. The van der Waals surface area contributed by atoms with Crippen molar-refractivity contribution in [3.05, 3.63) is 23.5 Å². The number of hydrogen-bond acceptors (Lipinski definition) is 3. The Morgan fingerprint density at radius 2 is 2.12 bits per heavy atom. The van der Waals surface area contributed by atoms with Crippen LogP contribution in [0.1, 0.15) is 0 Å². The van der Waals surface area contributed by atoms with Crippen LogP contribution in [0.25, 0.3) is 5.52 Å². The number of nitrogens with zero attached hydrogens (tertiary/aromatic N) is 4. The minimum atomic E-state index is -2.64. The zero-order valence-corrected chi connectivity index (χ0v) is 8.82. The summed E-state index contributed by atoms with van der Waals surface area (Å²) in [6, 6.07) is 3.53. The van der Waals surface area contributed by atoms with Crippen LogP contribution in [0.2, 0.25) is 5.15 Å². The molecule has 1 aliphatic rings. The van der Waals surface area contributed by atoms with E-state index in [0.29, 0.717) is 5.52 Å². The van der Waals surface area contributed by atoms with Crippen LogP contribution in [-0.4, -0.2) is 33.6 Å². The lowest BCUT2D eigenvalue weighted by molar-refractivity contribution is -0.0272. The van der Waals surface area contributed by atoms with Crippen molar-refractivity contribution >= 4 is 23.1 Å². The van der Waals surface area contributed by atoms with Gasteiger partial charge in [-0.25, -0.2) is 13.3 Å². The fourth-order valence-corrected chi connectivity index (χ4v) is 1.90. The van der Waals surface area contributed by atoms with Crippen LogP contribution in [-0.2, 0) is 0 Å². The predicted molar refractivity (Wildman–Crippen MR) is 55.2 cm³/mol. The predicted octanol–water partition coefficient (Wildman–Crippen LogP) is 1.84. The molecule has 16 heavy (non-hydrogen) atoms. The van der Waals surface area contributed by atoms with Crippen LogP contribution in [0.3, 0.4) is 0 Å². The lowest BCUT2D eigenvalue weighted by atomic mass is 10.2. The maximum absolute atomic E-state index is 12.7. The van der Waals surface area contributed by atoms with Crippen molar-refractivity contribution < 1.29 is 8.78 Å². The van der Waals surface area contributed by atoms with Gasteiger partial charge in [-0.1, -0.05) is 11.6 Å². The normalized spacial score (nSPS) is 18.8. The highest BCUT2D eigenvalue weighted by molar-refractivity contribution is 6.32. The molecule has 0 amide bonds. The second kappa shape index (κ2) is 3.04. The molecule has 2 aromatic rings. The molecule has 0 atom stereocenters. The van der Waals surface area contributed by atoms with Gasteiger partial charge < -0.3 is 4.90 Å². The summed E-state index contributed by atoms with van der Waals surface area (Å²) in [4.78, 5) is 5.38. The highest BCUT2D eigenvalue weighted by atomic mass is 35.5. The first kappa shape index (κ1) is 9.77. The highest BCUT2D eigenvalue weighted by Crippen LogP contribution is 2.30. The van der Waals surface area contributed by atoms with Gasteiger partial charge in [0.25, 0.3) is 5.92 Å². The van der Waals surface area contributed by atoms with Gasteiger partial charge in [-0.15, -0.1) is 5.10 Å². The summed E-state index contributed by atoms with van der Waals surface area (Å²) in [7, 11) is 0. The summed E-state index contributed by atoms with van der Waals surface area (Å²) in [5.41, 5.74) is 0.665. The van der Waals surface area contributed by atoms with Crippen molar-refractivity contribution in [3.8, 4) is 0 Å². The zero-order chi connectivity index (χ0) is 11.3. The second-order valence-electron chi connectivity index (χ2n) is 3.75. The summed E-state index contributed by atoms with van der Waals surface area (Å²) >= 11 is 5.91. The van der Waals surface area contributed by atoms with E-state index in [1.54, 1.807) is 18.3 Å². The molecule has 1 fully saturated rings. The Labute approximate surface area is 94.4 Å². The molecule has 3 rings (SSSR count). The highest BCUT2D eigenvalue weighted by Gasteiger charge is 2.45. The molecule has 84 valence electrons. The van der Waals surface area contributed by atoms with Crippen molar-refractivity contribution in [3.63, 3.8) is 0 Å². The smallest absolute Gasteiger partial charge is 0.282 e. The van der Waals surface area contributed by atoms with Gasteiger partial charge in [-0.05, 0) is 12.1 Å². The second-order valence-corrected chi connectivity index (χ2v) is 4.11. The Balaban J connectivity index is 1.99. The molecule has 0 aliphatic carbocycles. The van der Waals surface area contributed by atoms with Crippen molar-refractivity contribution in [1.82, 2.24) is 14.6 Å². The van der Waals surface area contributed by atoms with E-state index >= 15 is 0 Å². The van der Waals surface area contributed by atoms with Gasteiger partial charge in [0.1, 0.15) is 5.52 Å². The summed E-state index contributed by atoms with van der Waals surface area (Å²) in [6.45, 7) is -0.702. The van der Waals surface area contributed by atoms with Crippen LogP contribution in [0.5, 0.6) is 0 Å². The molecule has 0 unspecified atom stereocenters. The minimum absolute atomic E-state index is 0.236. The SMILES string of the molecule is FC1(F)CN(c2nc(Cl)c3cccn3n2)C1. The Hall–Kier alpha value is -1.43. The summed E-state index contributed by atoms with van der Waals surface area (Å²) in [6.07, 6.45) is 1.70. The number of halogens is 3. The van der Waals surface area contributed by atoms with Gasteiger partial charge in [0, 0.05) is 6.20 Å². The average molecular weight is 245 g/mol. The number of fused-ring (bicyclic) bond motifs is 1. The first-order valence-electron chi connectivity index (χ1n) is 4.69. The number of aromatic nitrogens is 3. The monoisotopic (exact) mass is 244 g/mol. The molecule has 3 heterocycles. The standard InChI is InChI=1S/C9H7ClF2N4/c10-7-6-2-1-3-16(6)14-8(13-7)15-4-9(11,12)5-15/h1-3H,4-5H2. The number of rotatable bonds is 1. The van der Waals surface area contributed by atoms with E-state index in [2.05, 4.69) is 10.1 Å². The third-order valence-corrected chi connectivity index (χ3v) is 2.74. The third-order valence-electron chi connectivity index (χ3n) is 2.46. The lowest BCUT2D eigenvalue weighted by Gasteiger charge is -2.38. The van der Waals surface area contributed by atoms with Crippen LogP contribution in [0.15, 0.2) is 18.3 Å². The Morgan fingerprint density at radius 1 is 1.38 bits per heavy atom. The van der Waals surface area contributed by atoms with Crippen LogP contribution < -0.4 is 4.90 Å². The molecule has 4 nitrogen and oxygen atoms in total. The van der Waals surface area contributed by atoms with E-state index in [9.17, 15) is 8.78 Å². The van der Waals surface area contributed by atoms with Crippen molar-refractivity contribution in [2.24, 2.45) is 0 Å². The van der Waals surface area contributed by atoms with E-state index in [1.807, 2.05) is 0 Å². The Bertz CT molecular complexity index is 545. The molecule has 0 spiro atoms. The summed E-state index contributed by atoms with van der Waals surface area (Å²) in [5, 5.41) is 4.37. The minimum Gasteiger partial charge on any atom is -0.327 e. The van der Waals surface area contributed by atoms with Crippen LogP contribution in [0.4, 0.5) is 14.7 Å². The molecule has 7 heteroatoms. The Morgan fingerprint density at radius 3 is 2.81 bits per heavy atom. The van der Waals surface area contributed by atoms with E-state index in [4.69, 9.17) is 11.6 Å². The molecule has 0 aromatic carbocycles. The maximum Gasteiger partial charge on any atom is 0.282 e. The van der Waals surface area contributed by atoms with Gasteiger partial charge in [-0.3, -0.25) is 0 Å². The van der Waals surface area contributed by atoms with Crippen LogP contribution >= 0.6 is 11.6 Å². The fraction of sp³-hybridized carbons (Fsp3) is 0.333. The average Bonchev–Trinajstić information content (AvgIpc) is 2.62. The topological polar surface area (TPSA) is 33.4 Å². The van der Waals surface area contributed by atoms with Gasteiger partial charge in [0.15, 0.2) is 5.15 Å². The van der Waals surface area contributed by atoms with Crippen molar-refractivity contribution in [2.75, 3.05) is 18.0 Å². The number of hydrogen-bond donors (Lipinski definition) is 0. The van der Waals surface area contributed by atoms with Crippen molar-refractivity contribution in [1.29, 1.82) is 0 Å². The molecular formula is C9H7ClF2N4. The number of alkyl halides is 2. The summed E-state index contributed by atoms with van der Waals surface area (Å²) < 4.78 is 26.9. The van der Waals surface area contributed by atoms with E-state index in [-0.39, 0.29) is 24.2 Å². The van der Waals surface area contributed by atoms with E-state index < -0.39 is 5.92 Å². The third kappa shape index (κ3) is 1.41. The maximum atomic E-state index is 12.7. The zero-order valence-electron chi connectivity index (χ0n) is 8.07. The Kier molecular flexibility index (Phi) is 1.85. The first-order chi connectivity index (χ1) is 7.55. The van der Waals surface area contributed by atoms with Crippen molar-refractivity contribution in [2.45, 2.75) is 5.92 Å². The van der Waals surface area contributed by atoms with Gasteiger partial charge in [-0.2, -0.15) is 4.98 Å². The molecule has 1 aliphatic heterocycles. The van der Waals surface area contributed by atoms with Gasteiger partial charge in [0.2, 0.25) is 5.95 Å². The molecule has 2 aromatic heterocycles. The fourth-order valence-electron chi connectivity index (χ4n) is 1.67. The van der Waals surface area contributed by atoms with Gasteiger partial charge >= 0.3 is 0 Å². The van der Waals surface area contributed by atoms with E-state index in [1.165, 1.54) is 9.42 Å². The molecular weight excluding hydrogens is 238 g/mol. The molecule has 0 N–H and O–H groups in total. The van der Waals surface area contributed by atoms with Gasteiger partial charge in [0.05, 0.1) is 13.1 Å². The number of anilines is 1. The molecule has 1 saturated heterocycles. The van der Waals surface area contributed by atoms with Crippen LogP contribution in [0, 0.1) is 0 Å². The molecule has 0 saturated carbocycles. The largest absolute Gasteiger partial charge is 0.327 e. The van der Waals surface area contributed by atoms with E-state index in [0.717, 1.165) is 0 Å². The first-order valence-corrected chi connectivity index (χ1v) is 5.07.